The summed E-state index contributed by atoms with van der Waals surface area (Å²) in [7, 11) is 0. The quantitative estimate of drug-likeness (QED) is 0.0706. The molecule has 12 heteroatoms. The number of Topliss-reactive ketones (excluding diaryl/α,β-unsaturated/α-hetero) is 1. The van der Waals surface area contributed by atoms with Gasteiger partial charge in [0, 0.05) is 21.4 Å². The van der Waals surface area contributed by atoms with Crippen molar-refractivity contribution in [1.82, 2.24) is 19.6 Å². The molecule has 0 aliphatic carbocycles. The van der Waals surface area contributed by atoms with Crippen molar-refractivity contribution in [3.05, 3.63) is 111 Å². The van der Waals surface area contributed by atoms with Gasteiger partial charge in [0.15, 0.2) is 10.1 Å². The zero-order valence-corrected chi connectivity index (χ0v) is 24.8. The van der Waals surface area contributed by atoms with Crippen LogP contribution in [0.15, 0.2) is 87.3 Å². The molecule has 1 saturated heterocycles. The van der Waals surface area contributed by atoms with E-state index in [1.807, 2.05) is 42.5 Å². The number of fused-ring (bicyclic) bond motifs is 1. The van der Waals surface area contributed by atoms with Crippen molar-refractivity contribution in [1.29, 1.82) is 0 Å². The number of amides is 1. The number of aliphatic hydroxyl groups excluding tert-OH is 1. The minimum atomic E-state index is -0.913. The van der Waals surface area contributed by atoms with Gasteiger partial charge in [0.2, 0.25) is 5.13 Å². The van der Waals surface area contributed by atoms with Gasteiger partial charge in [-0.05, 0) is 54.4 Å². The average Bonchev–Trinajstić information content (AvgIpc) is 3.62. The highest BCUT2D eigenvalue weighted by Crippen LogP contribution is 2.44. The van der Waals surface area contributed by atoms with E-state index in [0.717, 1.165) is 10.0 Å². The van der Waals surface area contributed by atoms with Gasteiger partial charge in [0.1, 0.15) is 11.3 Å². The molecule has 1 fully saturated rings. The Hall–Kier alpha value is -3.51. The Kier molecular flexibility index (Phi) is 7.22. The van der Waals surface area contributed by atoms with Crippen molar-refractivity contribution in [2.75, 3.05) is 4.90 Å². The van der Waals surface area contributed by atoms with Crippen molar-refractivity contribution in [3.63, 3.8) is 0 Å². The first kappa shape index (κ1) is 26.7. The van der Waals surface area contributed by atoms with Crippen molar-refractivity contribution in [3.8, 4) is 0 Å². The van der Waals surface area contributed by atoms with Gasteiger partial charge in [0.05, 0.1) is 17.3 Å². The first-order valence-electron chi connectivity index (χ1n) is 12.0. The fourth-order valence-electron chi connectivity index (χ4n) is 4.60. The zero-order chi connectivity index (χ0) is 28.0. The first-order valence-corrected chi connectivity index (χ1v) is 15.0. The molecule has 3 aromatic heterocycles. The maximum absolute atomic E-state index is 13.6. The highest BCUT2D eigenvalue weighted by Gasteiger charge is 2.48. The lowest BCUT2D eigenvalue weighted by molar-refractivity contribution is -0.132. The van der Waals surface area contributed by atoms with Crippen LogP contribution < -0.4 is 4.90 Å². The highest BCUT2D eigenvalue weighted by atomic mass is 79.9. The third kappa shape index (κ3) is 4.83. The second kappa shape index (κ2) is 10.8. The minimum Gasteiger partial charge on any atom is -0.505 e. The molecule has 1 aliphatic heterocycles. The Bertz CT molecular complexity index is 1800. The number of halogens is 2. The number of carbonyl (C=O) groups is 2. The molecule has 5 aromatic rings. The third-order valence-electron chi connectivity index (χ3n) is 6.44. The van der Waals surface area contributed by atoms with Gasteiger partial charge in [-0.25, -0.2) is 4.98 Å². The lowest BCUT2D eigenvalue weighted by atomic mass is 9.96. The highest BCUT2D eigenvalue weighted by molar-refractivity contribution is 9.10. The van der Waals surface area contributed by atoms with E-state index in [4.69, 9.17) is 11.6 Å². The van der Waals surface area contributed by atoms with E-state index in [-0.39, 0.29) is 16.5 Å². The molecule has 2 aromatic carbocycles. The predicted octanol–water partition coefficient (Wildman–Crippen LogP) is 6.83. The van der Waals surface area contributed by atoms with Gasteiger partial charge < -0.3 is 5.11 Å². The lowest BCUT2D eigenvalue weighted by Gasteiger charge is -2.22. The van der Waals surface area contributed by atoms with Crippen molar-refractivity contribution >= 4 is 78.9 Å². The van der Waals surface area contributed by atoms with Crippen LogP contribution in [0.2, 0.25) is 5.02 Å². The number of anilines is 1. The Labute approximate surface area is 250 Å². The fraction of sp³-hybridized carbons (Fsp3) is 0.107. The standard InChI is InChI=1S/C28H19BrClN5O3S2/c1-15-22(34-13-3-2-4-20(34)31-15)24(36)21-23(17-7-9-18(29)10-8-17)35(26(38)25(21)37)27-32-33-28(40-27)39-14-16-5-11-19(30)12-6-16/h2-13,23,36H,14H2,1H3. The molecular weight excluding hydrogens is 634 g/mol. The number of nitrogens with zero attached hydrogens (tertiary/aromatic N) is 5. The molecular formula is C28H19BrClN5O3S2. The number of thioether (sulfide) groups is 1. The lowest BCUT2D eigenvalue weighted by Crippen LogP contribution is -2.29. The van der Waals surface area contributed by atoms with Gasteiger partial charge in [-0.2, -0.15) is 0 Å². The summed E-state index contributed by atoms with van der Waals surface area (Å²) in [6.07, 6.45) is 1.75. The minimum absolute atomic E-state index is 0.0355. The number of aliphatic hydroxyl groups is 1. The smallest absolute Gasteiger partial charge is 0.301 e. The van der Waals surface area contributed by atoms with E-state index < -0.39 is 17.7 Å². The van der Waals surface area contributed by atoms with Crippen molar-refractivity contribution in [2.24, 2.45) is 0 Å². The van der Waals surface area contributed by atoms with Gasteiger partial charge in [0.25, 0.3) is 5.78 Å². The maximum atomic E-state index is 13.6. The largest absolute Gasteiger partial charge is 0.505 e. The first-order chi connectivity index (χ1) is 19.3. The summed E-state index contributed by atoms with van der Waals surface area (Å²) in [6.45, 7) is 1.75. The number of rotatable bonds is 6. The van der Waals surface area contributed by atoms with Crippen LogP contribution in [0.1, 0.15) is 28.6 Å². The van der Waals surface area contributed by atoms with Crippen LogP contribution >= 0.6 is 50.6 Å². The van der Waals surface area contributed by atoms with Gasteiger partial charge >= 0.3 is 5.91 Å². The molecule has 1 aliphatic rings. The molecule has 1 unspecified atom stereocenters. The summed E-state index contributed by atoms with van der Waals surface area (Å²) in [5.74, 6) is -1.26. The van der Waals surface area contributed by atoms with Gasteiger partial charge in [-0.1, -0.05) is 81.0 Å². The van der Waals surface area contributed by atoms with Crippen molar-refractivity contribution in [2.45, 2.75) is 23.1 Å². The van der Waals surface area contributed by atoms with Crippen LogP contribution in [0.5, 0.6) is 0 Å². The number of pyridine rings is 1. The number of aryl methyl sites for hydroxylation is 1. The molecule has 200 valence electrons. The van der Waals surface area contributed by atoms with Crippen LogP contribution in [0.4, 0.5) is 5.13 Å². The summed E-state index contributed by atoms with van der Waals surface area (Å²) in [4.78, 5) is 32.9. The van der Waals surface area contributed by atoms with E-state index >= 15 is 0 Å². The molecule has 0 spiro atoms. The number of hydrogen-bond acceptors (Lipinski definition) is 8. The van der Waals surface area contributed by atoms with Crippen LogP contribution in [-0.4, -0.2) is 36.4 Å². The van der Waals surface area contributed by atoms with Crippen LogP contribution in [0, 0.1) is 6.92 Å². The number of carbonyl (C=O) groups excluding carboxylic acids is 2. The summed E-state index contributed by atoms with van der Waals surface area (Å²) < 4.78 is 3.18. The molecule has 40 heavy (non-hydrogen) atoms. The van der Waals surface area contributed by atoms with Crippen LogP contribution in [0.25, 0.3) is 11.4 Å². The predicted molar refractivity (Wildman–Crippen MR) is 160 cm³/mol. The fourth-order valence-corrected chi connectivity index (χ4v) is 6.81. The second-order valence-electron chi connectivity index (χ2n) is 8.96. The molecule has 1 atom stereocenters. The van der Waals surface area contributed by atoms with E-state index in [1.165, 1.54) is 28.0 Å². The third-order valence-corrected chi connectivity index (χ3v) is 9.34. The van der Waals surface area contributed by atoms with Crippen LogP contribution in [0.3, 0.4) is 0 Å². The molecule has 8 nitrogen and oxygen atoms in total. The van der Waals surface area contributed by atoms with Gasteiger partial charge in [-0.15, -0.1) is 10.2 Å². The monoisotopic (exact) mass is 651 g/mol. The molecule has 0 bridgehead atoms. The number of benzene rings is 2. The van der Waals surface area contributed by atoms with E-state index in [1.54, 1.807) is 41.8 Å². The zero-order valence-electron chi connectivity index (χ0n) is 20.8. The Morgan fingerprint density at radius 1 is 1.07 bits per heavy atom. The van der Waals surface area contributed by atoms with Crippen molar-refractivity contribution < 1.29 is 14.7 Å². The van der Waals surface area contributed by atoms with E-state index in [9.17, 15) is 14.7 Å². The van der Waals surface area contributed by atoms with E-state index in [2.05, 4.69) is 31.1 Å². The van der Waals surface area contributed by atoms with E-state index in [0.29, 0.717) is 37.7 Å². The molecule has 1 N–H and O–H groups in total. The molecule has 0 radical (unpaired) electrons. The summed E-state index contributed by atoms with van der Waals surface area (Å²) >= 11 is 12.1. The summed E-state index contributed by atoms with van der Waals surface area (Å²) in [5, 5.41) is 21.1. The summed E-state index contributed by atoms with van der Waals surface area (Å²) in [5.41, 5.74) is 3.16. The second-order valence-corrected chi connectivity index (χ2v) is 12.5. The number of imidazole rings is 1. The Morgan fingerprint density at radius 2 is 1.82 bits per heavy atom. The Morgan fingerprint density at radius 3 is 2.58 bits per heavy atom. The molecule has 6 rings (SSSR count). The SMILES string of the molecule is Cc1nc2ccccn2c1C(O)=C1C(=O)C(=O)N(c2nnc(SCc3ccc(Cl)cc3)s2)C1c1ccc(Br)cc1. The maximum Gasteiger partial charge on any atom is 0.301 e. The number of ketones is 1. The summed E-state index contributed by atoms with van der Waals surface area (Å²) in [6, 6.07) is 19.3. The topological polar surface area (TPSA) is 101 Å². The molecule has 4 heterocycles. The average molecular weight is 653 g/mol. The van der Waals surface area contributed by atoms with Gasteiger partial charge in [-0.3, -0.25) is 18.9 Å². The number of aromatic nitrogens is 4. The molecule has 0 saturated carbocycles. The molecule has 1 amide bonds. The number of hydrogen-bond donors (Lipinski definition) is 1. The normalized spacial score (nSPS) is 16.8. The van der Waals surface area contributed by atoms with Crippen LogP contribution in [-0.2, 0) is 15.3 Å². The Balaban J connectivity index is 1.43.